The Morgan fingerprint density at radius 3 is 1.18 bits per heavy atom. The zero-order valence-corrected chi connectivity index (χ0v) is 18.3. The van der Waals surface area contributed by atoms with Crippen LogP contribution >= 0.6 is 0 Å². The molecule has 166 valence electrons. The average molecular weight is 447 g/mol. The molecule has 2 aliphatic rings. The summed E-state index contributed by atoms with van der Waals surface area (Å²) >= 11 is 0. The van der Waals surface area contributed by atoms with Crippen molar-refractivity contribution in [2.75, 3.05) is 0 Å². The van der Waals surface area contributed by atoms with Crippen LogP contribution < -0.4 is 0 Å². The molecule has 0 fully saturated rings. The molecular weight excluding hydrogens is 424 g/mol. The molecule has 0 heterocycles. The van der Waals surface area contributed by atoms with Crippen LogP contribution in [0.3, 0.4) is 0 Å². The van der Waals surface area contributed by atoms with Crippen molar-refractivity contribution in [3.8, 4) is 0 Å². The molecule has 0 unspecified atom stereocenters. The van der Waals surface area contributed by atoms with Gasteiger partial charge in [-0.05, 0) is 22.3 Å². The molecule has 0 spiro atoms. The summed E-state index contributed by atoms with van der Waals surface area (Å²) in [5, 5.41) is 24.8. The molecule has 2 aliphatic carbocycles. The largest absolute Gasteiger partial charge is 0.380 e. The Morgan fingerprint density at radius 2 is 0.794 bits per heavy atom. The van der Waals surface area contributed by atoms with E-state index >= 15 is 0 Å². The summed E-state index contributed by atoms with van der Waals surface area (Å²) in [5.74, 6) is -3.11. The van der Waals surface area contributed by atoms with Crippen molar-refractivity contribution >= 4 is 11.6 Å². The minimum Gasteiger partial charge on any atom is -0.380 e. The molecule has 4 atom stereocenters. The molecule has 4 aromatic rings. The second-order valence-corrected chi connectivity index (χ2v) is 9.04. The Kier molecular flexibility index (Phi) is 4.46. The van der Waals surface area contributed by atoms with Crippen LogP contribution in [-0.4, -0.2) is 21.8 Å². The van der Waals surface area contributed by atoms with Gasteiger partial charge in [-0.25, -0.2) is 0 Å². The molecule has 0 aromatic heterocycles. The summed E-state index contributed by atoms with van der Waals surface area (Å²) in [7, 11) is 0. The molecular formula is C30H22O4. The Balaban J connectivity index is 1.65. The van der Waals surface area contributed by atoms with Gasteiger partial charge in [-0.1, -0.05) is 109 Å². The maximum Gasteiger partial charge on any atom is 0.170 e. The van der Waals surface area contributed by atoms with Crippen LogP contribution in [-0.2, 0) is 11.2 Å². The van der Waals surface area contributed by atoms with Gasteiger partial charge < -0.3 is 10.2 Å². The van der Waals surface area contributed by atoms with Gasteiger partial charge in [0.25, 0.3) is 0 Å². The van der Waals surface area contributed by atoms with E-state index in [9.17, 15) is 19.8 Å². The zero-order valence-electron chi connectivity index (χ0n) is 18.3. The fraction of sp³-hybridized carbons (Fsp3) is 0.133. The van der Waals surface area contributed by atoms with E-state index in [0.717, 1.165) is 0 Å². The van der Waals surface area contributed by atoms with Gasteiger partial charge in [0, 0.05) is 11.1 Å². The number of hydrogen-bond acceptors (Lipinski definition) is 4. The number of benzene rings is 4. The molecule has 0 saturated carbocycles. The summed E-state index contributed by atoms with van der Waals surface area (Å²) < 4.78 is 0. The van der Waals surface area contributed by atoms with Gasteiger partial charge in [-0.3, -0.25) is 9.59 Å². The summed E-state index contributed by atoms with van der Waals surface area (Å²) in [4.78, 5) is 27.9. The van der Waals surface area contributed by atoms with E-state index in [4.69, 9.17) is 0 Å². The van der Waals surface area contributed by atoms with Crippen LogP contribution in [0.25, 0.3) is 0 Å². The SMILES string of the molecule is O=C1c2ccccc2[C@](O)(c2ccccc2)[C@@H]1[C@@H]1C(=O)c2ccccc2[C@@]1(O)c1ccccc1. The van der Waals surface area contributed by atoms with Gasteiger partial charge in [-0.2, -0.15) is 0 Å². The first-order chi connectivity index (χ1) is 16.5. The molecule has 0 amide bonds. The fourth-order valence-corrected chi connectivity index (χ4v) is 5.95. The number of carbonyl (C=O) groups excluding carboxylic acids is 2. The highest BCUT2D eigenvalue weighted by Crippen LogP contribution is 2.57. The van der Waals surface area contributed by atoms with Gasteiger partial charge in [0.05, 0.1) is 11.8 Å². The van der Waals surface area contributed by atoms with Crippen LogP contribution in [0.1, 0.15) is 43.0 Å². The molecule has 0 radical (unpaired) electrons. The van der Waals surface area contributed by atoms with Gasteiger partial charge in [-0.15, -0.1) is 0 Å². The molecule has 4 aromatic carbocycles. The van der Waals surface area contributed by atoms with Gasteiger partial charge in [0.15, 0.2) is 11.6 Å². The first kappa shape index (κ1) is 20.7. The lowest BCUT2D eigenvalue weighted by Gasteiger charge is -2.40. The van der Waals surface area contributed by atoms with Crippen molar-refractivity contribution in [3.63, 3.8) is 0 Å². The van der Waals surface area contributed by atoms with E-state index < -0.39 is 23.0 Å². The van der Waals surface area contributed by atoms with Crippen LogP contribution in [0.4, 0.5) is 0 Å². The predicted octanol–water partition coefficient (Wildman–Crippen LogP) is 4.48. The number of hydrogen-bond donors (Lipinski definition) is 2. The number of carbonyl (C=O) groups is 2. The molecule has 6 rings (SSSR count). The first-order valence-electron chi connectivity index (χ1n) is 11.3. The van der Waals surface area contributed by atoms with Crippen molar-refractivity contribution in [1.29, 1.82) is 0 Å². The molecule has 34 heavy (non-hydrogen) atoms. The van der Waals surface area contributed by atoms with Crippen LogP contribution in [0.2, 0.25) is 0 Å². The summed E-state index contributed by atoms with van der Waals surface area (Å²) in [6.07, 6.45) is 0. The van der Waals surface area contributed by atoms with Gasteiger partial charge in [0.1, 0.15) is 11.2 Å². The Bertz CT molecular complexity index is 1320. The summed E-state index contributed by atoms with van der Waals surface area (Å²) in [5.41, 5.74) is -0.878. The summed E-state index contributed by atoms with van der Waals surface area (Å²) in [6, 6.07) is 31.8. The number of ketones is 2. The van der Waals surface area contributed by atoms with Crippen molar-refractivity contribution in [2.45, 2.75) is 11.2 Å². The third kappa shape index (κ3) is 2.55. The molecule has 2 N–H and O–H groups in total. The van der Waals surface area contributed by atoms with Crippen molar-refractivity contribution in [2.24, 2.45) is 11.8 Å². The lowest BCUT2D eigenvalue weighted by molar-refractivity contribution is -0.0463. The monoisotopic (exact) mass is 446 g/mol. The maximum absolute atomic E-state index is 14.0. The number of aliphatic hydroxyl groups is 2. The molecule has 0 bridgehead atoms. The third-order valence-corrected chi connectivity index (χ3v) is 7.43. The van der Waals surface area contributed by atoms with Gasteiger partial charge in [0.2, 0.25) is 0 Å². The maximum atomic E-state index is 14.0. The average Bonchev–Trinajstić information content (AvgIpc) is 3.26. The second kappa shape index (κ2) is 7.32. The van der Waals surface area contributed by atoms with Crippen molar-refractivity contribution in [3.05, 3.63) is 143 Å². The predicted molar refractivity (Wildman–Crippen MR) is 127 cm³/mol. The Morgan fingerprint density at radius 1 is 0.471 bits per heavy atom. The summed E-state index contributed by atoms with van der Waals surface area (Å²) in [6.45, 7) is 0. The smallest absolute Gasteiger partial charge is 0.170 e. The highest BCUT2D eigenvalue weighted by molar-refractivity contribution is 6.12. The van der Waals surface area contributed by atoms with Gasteiger partial charge >= 0.3 is 0 Å². The Labute approximate surface area is 197 Å². The number of Topliss-reactive ketones (excluding diaryl/α,β-unsaturated/α-hetero) is 2. The lowest BCUT2D eigenvalue weighted by Crippen LogP contribution is -2.49. The van der Waals surface area contributed by atoms with Crippen molar-refractivity contribution < 1.29 is 19.8 Å². The van der Waals surface area contributed by atoms with E-state index in [1.807, 2.05) is 12.1 Å². The van der Waals surface area contributed by atoms with Crippen LogP contribution in [0.15, 0.2) is 109 Å². The van der Waals surface area contributed by atoms with E-state index in [2.05, 4.69) is 0 Å². The van der Waals surface area contributed by atoms with Crippen molar-refractivity contribution in [1.82, 2.24) is 0 Å². The number of fused-ring (bicyclic) bond motifs is 2. The van der Waals surface area contributed by atoms with E-state index in [0.29, 0.717) is 33.4 Å². The molecule has 4 nitrogen and oxygen atoms in total. The second-order valence-electron chi connectivity index (χ2n) is 9.04. The first-order valence-corrected chi connectivity index (χ1v) is 11.3. The third-order valence-electron chi connectivity index (χ3n) is 7.43. The van der Waals surface area contributed by atoms with E-state index in [1.165, 1.54) is 0 Å². The number of rotatable bonds is 3. The normalized spacial score (nSPS) is 27.5. The lowest BCUT2D eigenvalue weighted by atomic mass is 9.66. The van der Waals surface area contributed by atoms with Crippen LogP contribution in [0.5, 0.6) is 0 Å². The fourth-order valence-electron chi connectivity index (χ4n) is 5.95. The minimum atomic E-state index is -1.78. The highest BCUT2D eigenvalue weighted by atomic mass is 16.3. The molecule has 0 aliphatic heterocycles. The minimum absolute atomic E-state index is 0.345. The van der Waals surface area contributed by atoms with E-state index in [-0.39, 0.29) is 11.6 Å². The standard InChI is InChI=1S/C30H22O4/c31-27-21-15-7-9-17-23(21)29(33,19-11-3-1-4-12-19)25(27)26-28(32)22-16-8-10-18-24(22)30(26,34)20-13-5-2-6-14-20/h1-18,25-26,33-34H/t25-,26-,29-,30+/m1/s1. The molecule has 0 saturated heterocycles. The zero-order chi connectivity index (χ0) is 23.5. The highest BCUT2D eigenvalue weighted by Gasteiger charge is 2.65. The quantitative estimate of drug-likeness (QED) is 0.487. The van der Waals surface area contributed by atoms with Crippen LogP contribution in [0, 0.1) is 11.8 Å². The topological polar surface area (TPSA) is 74.6 Å². The van der Waals surface area contributed by atoms with E-state index in [1.54, 1.807) is 97.1 Å². The Hall–Kier alpha value is -3.86. The molecule has 4 heteroatoms.